The maximum Gasteiger partial charge on any atom is 0.146 e. The van der Waals surface area contributed by atoms with Gasteiger partial charge in [0.05, 0.1) is 22.3 Å². The van der Waals surface area contributed by atoms with Gasteiger partial charge in [0, 0.05) is 19.8 Å². The highest BCUT2D eigenvalue weighted by Gasteiger charge is 2.20. The molecule has 3 aromatic rings. The van der Waals surface area contributed by atoms with Crippen LogP contribution in [0.1, 0.15) is 12.6 Å². The number of benzene rings is 1. The highest BCUT2D eigenvalue weighted by atomic mass is 32.2. The molecule has 0 saturated heterocycles. The number of imidazole rings is 1. The van der Waals surface area contributed by atoms with Crippen molar-refractivity contribution in [1.82, 2.24) is 19.3 Å². The Bertz CT molecular complexity index is 787. The number of aromatic nitrogens is 4. The van der Waals surface area contributed by atoms with E-state index in [0.717, 1.165) is 39.6 Å². The van der Waals surface area contributed by atoms with E-state index in [4.69, 9.17) is 10.7 Å². The molecule has 2 heterocycles. The minimum absolute atomic E-state index is 0.667. The van der Waals surface area contributed by atoms with Gasteiger partial charge in [-0.2, -0.15) is 16.9 Å². The Kier molecular flexibility index (Phi) is 3.63. The molecule has 5 nitrogen and oxygen atoms in total. The van der Waals surface area contributed by atoms with Crippen molar-refractivity contribution in [3.05, 3.63) is 30.0 Å². The maximum atomic E-state index is 6.24. The summed E-state index contributed by atoms with van der Waals surface area (Å²) < 4.78 is 3.82. The summed E-state index contributed by atoms with van der Waals surface area (Å²) in [4.78, 5) is 4.75. The molecule has 21 heavy (non-hydrogen) atoms. The van der Waals surface area contributed by atoms with Crippen molar-refractivity contribution in [3.63, 3.8) is 0 Å². The first kappa shape index (κ1) is 14.0. The molecule has 0 aliphatic carbocycles. The lowest BCUT2D eigenvalue weighted by molar-refractivity contribution is 0.765. The Labute approximate surface area is 128 Å². The van der Waals surface area contributed by atoms with Gasteiger partial charge in [0.2, 0.25) is 0 Å². The third-order valence-electron chi connectivity index (χ3n) is 3.62. The predicted molar refractivity (Wildman–Crippen MR) is 89.2 cm³/mol. The highest BCUT2D eigenvalue weighted by Crippen LogP contribution is 2.32. The lowest BCUT2D eigenvalue weighted by Crippen LogP contribution is -2.00. The summed E-state index contributed by atoms with van der Waals surface area (Å²) in [6.45, 7) is 2.14. The van der Waals surface area contributed by atoms with Gasteiger partial charge in [0.1, 0.15) is 11.6 Å². The summed E-state index contributed by atoms with van der Waals surface area (Å²) in [7, 11) is 3.90. The molecule has 2 aromatic heterocycles. The molecule has 0 saturated carbocycles. The van der Waals surface area contributed by atoms with Crippen molar-refractivity contribution in [1.29, 1.82) is 0 Å². The number of rotatable bonds is 4. The lowest BCUT2D eigenvalue weighted by Gasteiger charge is -2.04. The zero-order chi connectivity index (χ0) is 15.0. The zero-order valence-corrected chi connectivity index (χ0v) is 13.3. The van der Waals surface area contributed by atoms with Crippen LogP contribution in [0.4, 0.5) is 5.82 Å². The number of para-hydroxylation sites is 2. The first-order valence-corrected chi connectivity index (χ1v) is 8.09. The first-order chi connectivity index (χ1) is 10.1. The molecule has 0 radical (unpaired) electrons. The average Bonchev–Trinajstić information content (AvgIpc) is 2.95. The Hall–Kier alpha value is -1.95. The number of anilines is 1. The van der Waals surface area contributed by atoms with E-state index in [1.165, 1.54) is 0 Å². The molecule has 0 unspecified atom stereocenters. The van der Waals surface area contributed by atoms with Crippen LogP contribution in [0.25, 0.3) is 22.4 Å². The van der Waals surface area contributed by atoms with Crippen LogP contribution >= 0.6 is 11.8 Å². The SMILES string of the molecule is CCSCc1nn(C)c(N)c1-c1nc2ccccc2n1C. The van der Waals surface area contributed by atoms with E-state index in [1.54, 1.807) is 4.68 Å². The van der Waals surface area contributed by atoms with Crippen LogP contribution < -0.4 is 5.73 Å². The fourth-order valence-electron chi connectivity index (χ4n) is 2.51. The van der Waals surface area contributed by atoms with E-state index in [0.29, 0.717) is 5.82 Å². The van der Waals surface area contributed by atoms with Crippen LogP contribution in [-0.4, -0.2) is 25.1 Å². The maximum absolute atomic E-state index is 6.24. The Morgan fingerprint density at radius 1 is 1.24 bits per heavy atom. The van der Waals surface area contributed by atoms with Crippen molar-refractivity contribution in [3.8, 4) is 11.4 Å². The molecule has 3 rings (SSSR count). The van der Waals surface area contributed by atoms with Gasteiger partial charge in [-0.3, -0.25) is 4.68 Å². The van der Waals surface area contributed by atoms with E-state index in [2.05, 4.69) is 22.7 Å². The largest absolute Gasteiger partial charge is 0.383 e. The summed E-state index contributed by atoms with van der Waals surface area (Å²) in [5.41, 5.74) is 10.3. The molecule has 110 valence electrons. The van der Waals surface area contributed by atoms with Gasteiger partial charge in [-0.15, -0.1) is 0 Å². The molecule has 6 heteroatoms. The normalized spacial score (nSPS) is 11.4. The van der Waals surface area contributed by atoms with Crippen molar-refractivity contribution in [2.75, 3.05) is 11.5 Å². The summed E-state index contributed by atoms with van der Waals surface area (Å²) in [6.07, 6.45) is 0. The fraction of sp³-hybridized carbons (Fsp3) is 0.333. The lowest BCUT2D eigenvalue weighted by atomic mass is 10.2. The van der Waals surface area contributed by atoms with Gasteiger partial charge in [-0.05, 0) is 17.9 Å². The van der Waals surface area contributed by atoms with Gasteiger partial charge in [-0.1, -0.05) is 19.1 Å². The van der Waals surface area contributed by atoms with E-state index in [9.17, 15) is 0 Å². The molecule has 0 aliphatic rings. The number of fused-ring (bicyclic) bond motifs is 1. The number of nitrogens with two attached hydrogens (primary N) is 1. The van der Waals surface area contributed by atoms with Gasteiger partial charge in [-0.25, -0.2) is 4.98 Å². The standard InChI is InChI=1S/C15H19N5S/c1-4-21-9-11-13(14(16)20(3)18-11)15-17-10-7-5-6-8-12(10)19(15)2/h5-8H,4,9,16H2,1-3H3. The second kappa shape index (κ2) is 5.44. The van der Waals surface area contributed by atoms with E-state index >= 15 is 0 Å². The van der Waals surface area contributed by atoms with E-state index in [-0.39, 0.29) is 0 Å². The summed E-state index contributed by atoms with van der Waals surface area (Å²) >= 11 is 1.84. The number of hydrogen-bond acceptors (Lipinski definition) is 4. The minimum Gasteiger partial charge on any atom is -0.383 e. The third kappa shape index (κ3) is 2.29. The highest BCUT2D eigenvalue weighted by molar-refractivity contribution is 7.98. The van der Waals surface area contributed by atoms with Crippen molar-refractivity contribution >= 4 is 28.6 Å². The molecular weight excluding hydrogens is 282 g/mol. The molecule has 2 N–H and O–H groups in total. The first-order valence-electron chi connectivity index (χ1n) is 6.94. The zero-order valence-electron chi connectivity index (χ0n) is 12.5. The van der Waals surface area contributed by atoms with Gasteiger partial charge in [0.25, 0.3) is 0 Å². The van der Waals surface area contributed by atoms with Crippen LogP contribution in [0.3, 0.4) is 0 Å². The fourth-order valence-corrected chi connectivity index (χ4v) is 3.11. The molecule has 0 aliphatic heterocycles. The van der Waals surface area contributed by atoms with Crippen LogP contribution in [0.15, 0.2) is 24.3 Å². The number of hydrogen-bond donors (Lipinski definition) is 1. The second-order valence-electron chi connectivity index (χ2n) is 4.95. The predicted octanol–water partition coefficient (Wildman–Crippen LogP) is 2.81. The van der Waals surface area contributed by atoms with Gasteiger partial charge < -0.3 is 10.3 Å². The molecule has 0 bridgehead atoms. The molecule has 0 atom stereocenters. The van der Waals surface area contributed by atoms with Gasteiger partial charge in [0.15, 0.2) is 0 Å². The Morgan fingerprint density at radius 3 is 2.71 bits per heavy atom. The van der Waals surface area contributed by atoms with Gasteiger partial charge >= 0.3 is 0 Å². The quantitative estimate of drug-likeness (QED) is 0.805. The third-order valence-corrected chi connectivity index (χ3v) is 4.50. The summed E-state index contributed by atoms with van der Waals surface area (Å²) in [5.74, 6) is 3.45. The number of aryl methyl sites for hydroxylation is 2. The topological polar surface area (TPSA) is 61.7 Å². The molecule has 1 aromatic carbocycles. The van der Waals surface area contributed by atoms with Crippen LogP contribution in [0.2, 0.25) is 0 Å². The summed E-state index contributed by atoms with van der Waals surface area (Å²) in [5, 5.41) is 4.55. The minimum atomic E-state index is 0.667. The van der Waals surface area contributed by atoms with Crippen molar-refractivity contribution in [2.45, 2.75) is 12.7 Å². The van der Waals surface area contributed by atoms with Crippen molar-refractivity contribution in [2.24, 2.45) is 14.1 Å². The number of nitrogens with zero attached hydrogens (tertiary/aromatic N) is 4. The van der Waals surface area contributed by atoms with Crippen LogP contribution in [0.5, 0.6) is 0 Å². The van der Waals surface area contributed by atoms with E-state index < -0.39 is 0 Å². The second-order valence-corrected chi connectivity index (χ2v) is 6.23. The molecule has 0 spiro atoms. The molecule has 0 amide bonds. The van der Waals surface area contributed by atoms with Crippen LogP contribution in [-0.2, 0) is 19.8 Å². The van der Waals surface area contributed by atoms with E-state index in [1.807, 2.05) is 44.1 Å². The number of thioether (sulfide) groups is 1. The monoisotopic (exact) mass is 301 g/mol. The average molecular weight is 301 g/mol. The van der Waals surface area contributed by atoms with Crippen LogP contribution in [0, 0.1) is 0 Å². The molecular formula is C15H19N5S. The Balaban J connectivity index is 2.20. The van der Waals surface area contributed by atoms with Crippen molar-refractivity contribution < 1.29 is 0 Å². The smallest absolute Gasteiger partial charge is 0.146 e. The number of nitrogen functional groups attached to an aromatic ring is 1. The Morgan fingerprint density at radius 2 is 2.00 bits per heavy atom. The summed E-state index contributed by atoms with van der Waals surface area (Å²) in [6, 6.07) is 8.11. The molecule has 0 fully saturated rings.